The molecule has 5 rings (SSSR count). The Morgan fingerprint density at radius 1 is 1.07 bits per heavy atom. The SMILES string of the molecule is CO[C@@H]1C[C@H]2CN(c3cncc4nccn34)C[C@H]2C[C@H]1Nc1ccccn1. The Hall–Kier alpha value is -2.67. The fraction of sp³-hybridized carbons (Fsp3) is 0.450. The summed E-state index contributed by atoms with van der Waals surface area (Å²) in [5.74, 6) is 3.32. The monoisotopic (exact) mass is 364 g/mol. The summed E-state index contributed by atoms with van der Waals surface area (Å²) >= 11 is 0. The van der Waals surface area contributed by atoms with Crippen LogP contribution in [-0.2, 0) is 4.74 Å². The second kappa shape index (κ2) is 6.81. The van der Waals surface area contributed by atoms with E-state index in [-0.39, 0.29) is 12.1 Å². The molecule has 7 nitrogen and oxygen atoms in total. The molecule has 1 aliphatic heterocycles. The predicted octanol–water partition coefficient (Wildman–Crippen LogP) is 2.47. The third-order valence-corrected chi connectivity index (χ3v) is 6.04. The van der Waals surface area contributed by atoms with E-state index in [1.807, 2.05) is 50.1 Å². The molecule has 140 valence electrons. The zero-order valence-electron chi connectivity index (χ0n) is 15.4. The Labute approximate surface area is 158 Å². The predicted molar refractivity (Wildman–Crippen MR) is 104 cm³/mol. The average Bonchev–Trinajstić information content (AvgIpc) is 3.34. The second-order valence-electron chi connectivity index (χ2n) is 7.56. The number of pyridine rings is 1. The number of imidazole rings is 1. The third-order valence-electron chi connectivity index (χ3n) is 6.04. The van der Waals surface area contributed by atoms with E-state index in [4.69, 9.17) is 4.74 Å². The molecule has 2 aliphatic rings. The molecule has 3 aromatic rings. The highest BCUT2D eigenvalue weighted by atomic mass is 16.5. The van der Waals surface area contributed by atoms with Gasteiger partial charge in [0.1, 0.15) is 11.6 Å². The number of ether oxygens (including phenoxy) is 1. The second-order valence-corrected chi connectivity index (χ2v) is 7.56. The zero-order valence-corrected chi connectivity index (χ0v) is 15.4. The van der Waals surface area contributed by atoms with Crippen LogP contribution in [-0.4, -0.2) is 51.7 Å². The summed E-state index contributed by atoms with van der Waals surface area (Å²) in [7, 11) is 1.82. The van der Waals surface area contributed by atoms with E-state index in [1.54, 1.807) is 6.20 Å². The minimum Gasteiger partial charge on any atom is -0.379 e. The van der Waals surface area contributed by atoms with E-state index in [2.05, 4.69) is 29.6 Å². The number of hydrogen-bond donors (Lipinski definition) is 1. The van der Waals surface area contributed by atoms with Crippen molar-refractivity contribution >= 4 is 17.3 Å². The number of anilines is 2. The van der Waals surface area contributed by atoms with E-state index < -0.39 is 0 Å². The van der Waals surface area contributed by atoms with Crippen LogP contribution in [0, 0.1) is 11.8 Å². The van der Waals surface area contributed by atoms with Crippen LogP contribution in [0.3, 0.4) is 0 Å². The number of aromatic nitrogens is 4. The van der Waals surface area contributed by atoms with E-state index in [0.717, 1.165) is 43.2 Å². The van der Waals surface area contributed by atoms with Crippen molar-refractivity contribution in [2.45, 2.75) is 25.0 Å². The molecule has 4 atom stereocenters. The Kier molecular flexibility index (Phi) is 4.16. The zero-order chi connectivity index (χ0) is 18.2. The maximum atomic E-state index is 5.85. The molecule has 0 radical (unpaired) electrons. The lowest BCUT2D eigenvalue weighted by Crippen LogP contribution is -2.44. The molecule has 0 aromatic carbocycles. The Balaban J connectivity index is 1.35. The fourth-order valence-electron chi connectivity index (χ4n) is 4.72. The van der Waals surface area contributed by atoms with Crippen LogP contribution in [0.15, 0.2) is 49.2 Å². The number of fused-ring (bicyclic) bond motifs is 2. The highest BCUT2D eigenvalue weighted by Crippen LogP contribution is 2.39. The molecular formula is C20H24N6O. The number of methoxy groups -OCH3 is 1. The van der Waals surface area contributed by atoms with Crippen molar-refractivity contribution in [3.8, 4) is 0 Å². The fourth-order valence-corrected chi connectivity index (χ4v) is 4.72. The first-order chi connectivity index (χ1) is 13.3. The third kappa shape index (κ3) is 3.02. The summed E-state index contributed by atoms with van der Waals surface area (Å²) in [5.41, 5.74) is 0.895. The lowest BCUT2D eigenvalue weighted by molar-refractivity contribution is 0.0305. The minimum atomic E-state index is 0.204. The highest BCUT2D eigenvalue weighted by Gasteiger charge is 2.43. The molecule has 0 amide bonds. The standard InChI is InChI=1S/C20H24N6O/c1-27-17-9-15-13-25(20-11-21-10-19-23-6-7-26(19)20)12-14(15)8-16(17)24-18-4-2-3-5-22-18/h2-7,10-11,14-17H,8-9,12-13H2,1H3,(H,22,24)/t14-,15+,16-,17-/m1/s1. The van der Waals surface area contributed by atoms with Crippen molar-refractivity contribution in [1.29, 1.82) is 0 Å². The van der Waals surface area contributed by atoms with Crippen molar-refractivity contribution in [3.63, 3.8) is 0 Å². The molecular weight excluding hydrogens is 340 g/mol. The summed E-state index contributed by atoms with van der Waals surface area (Å²) in [5, 5.41) is 3.59. The maximum Gasteiger partial charge on any atom is 0.156 e. The smallest absolute Gasteiger partial charge is 0.156 e. The largest absolute Gasteiger partial charge is 0.379 e. The summed E-state index contributed by atoms with van der Waals surface area (Å²) in [4.78, 5) is 15.6. The van der Waals surface area contributed by atoms with Crippen LogP contribution in [0.4, 0.5) is 11.6 Å². The van der Waals surface area contributed by atoms with Gasteiger partial charge in [-0.05, 0) is 36.8 Å². The molecule has 3 aromatic heterocycles. The van der Waals surface area contributed by atoms with Gasteiger partial charge in [0.25, 0.3) is 0 Å². The number of rotatable bonds is 4. The van der Waals surface area contributed by atoms with Gasteiger partial charge in [0.2, 0.25) is 0 Å². The molecule has 0 unspecified atom stereocenters. The van der Waals surface area contributed by atoms with E-state index in [1.165, 1.54) is 0 Å². The van der Waals surface area contributed by atoms with Crippen LogP contribution >= 0.6 is 0 Å². The van der Waals surface area contributed by atoms with Crippen LogP contribution in [0.5, 0.6) is 0 Å². The van der Waals surface area contributed by atoms with Crippen LogP contribution in [0.2, 0.25) is 0 Å². The van der Waals surface area contributed by atoms with Crippen LogP contribution in [0.1, 0.15) is 12.8 Å². The number of hydrogen-bond acceptors (Lipinski definition) is 6. The molecule has 7 heteroatoms. The first-order valence-corrected chi connectivity index (χ1v) is 9.54. The average molecular weight is 364 g/mol. The molecule has 4 heterocycles. The van der Waals surface area contributed by atoms with Crippen molar-refractivity contribution in [2.24, 2.45) is 11.8 Å². The normalized spacial score (nSPS) is 27.7. The van der Waals surface area contributed by atoms with Gasteiger partial charge >= 0.3 is 0 Å². The minimum absolute atomic E-state index is 0.204. The quantitative estimate of drug-likeness (QED) is 0.767. The molecule has 1 saturated carbocycles. The summed E-state index contributed by atoms with van der Waals surface area (Å²) in [6, 6.07) is 6.26. The number of nitrogens with zero attached hydrogens (tertiary/aromatic N) is 5. The van der Waals surface area contributed by atoms with Crippen LogP contribution < -0.4 is 10.2 Å². The van der Waals surface area contributed by atoms with Crippen molar-refractivity contribution in [1.82, 2.24) is 19.4 Å². The van der Waals surface area contributed by atoms with Gasteiger partial charge in [0.15, 0.2) is 5.65 Å². The first kappa shape index (κ1) is 16.5. The van der Waals surface area contributed by atoms with Crippen molar-refractivity contribution < 1.29 is 4.74 Å². The van der Waals surface area contributed by atoms with Gasteiger partial charge < -0.3 is 15.0 Å². The Morgan fingerprint density at radius 3 is 2.78 bits per heavy atom. The molecule has 1 aliphatic carbocycles. The van der Waals surface area contributed by atoms with Gasteiger partial charge in [-0.15, -0.1) is 0 Å². The van der Waals surface area contributed by atoms with Gasteiger partial charge in [0, 0.05) is 38.8 Å². The molecule has 0 spiro atoms. The van der Waals surface area contributed by atoms with Gasteiger partial charge in [-0.25, -0.2) is 9.97 Å². The maximum absolute atomic E-state index is 5.85. The Morgan fingerprint density at radius 2 is 1.96 bits per heavy atom. The highest BCUT2D eigenvalue weighted by molar-refractivity contribution is 5.49. The summed E-state index contributed by atoms with van der Waals surface area (Å²) < 4.78 is 7.97. The molecule has 27 heavy (non-hydrogen) atoms. The Bertz CT molecular complexity index is 913. The number of nitrogens with one attached hydrogen (secondary N) is 1. The van der Waals surface area contributed by atoms with Gasteiger partial charge in [-0.1, -0.05) is 6.07 Å². The van der Waals surface area contributed by atoms with E-state index in [0.29, 0.717) is 11.8 Å². The summed E-state index contributed by atoms with van der Waals surface area (Å²) in [6.07, 6.45) is 11.8. The molecule has 1 saturated heterocycles. The lowest BCUT2D eigenvalue weighted by Gasteiger charge is -2.37. The van der Waals surface area contributed by atoms with Crippen molar-refractivity contribution in [2.75, 3.05) is 30.4 Å². The first-order valence-electron chi connectivity index (χ1n) is 9.54. The summed E-state index contributed by atoms with van der Waals surface area (Å²) in [6.45, 7) is 2.08. The van der Waals surface area contributed by atoms with Crippen LogP contribution in [0.25, 0.3) is 5.65 Å². The molecule has 1 N–H and O–H groups in total. The van der Waals surface area contributed by atoms with Gasteiger partial charge in [-0.2, -0.15) is 0 Å². The molecule has 0 bridgehead atoms. The lowest BCUT2D eigenvalue weighted by atomic mass is 9.77. The van der Waals surface area contributed by atoms with E-state index in [9.17, 15) is 0 Å². The topological polar surface area (TPSA) is 67.6 Å². The van der Waals surface area contributed by atoms with Gasteiger partial charge in [0.05, 0.1) is 24.5 Å². The van der Waals surface area contributed by atoms with Gasteiger partial charge in [-0.3, -0.25) is 9.38 Å². The molecule has 2 fully saturated rings. The van der Waals surface area contributed by atoms with Crippen molar-refractivity contribution in [3.05, 3.63) is 49.2 Å². The van der Waals surface area contributed by atoms with E-state index >= 15 is 0 Å².